The van der Waals surface area contributed by atoms with Gasteiger partial charge in [-0.3, -0.25) is 0 Å². The summed E-state index contributed by atoms with van der Waals surface area (Å²) in [5, 5.41) is 0. The van der Waals surface area contributed by atoms with Gasteiger partial charge in [-0.05, 0) is 36.8 Å². The zero-order chi connectivity index (χ0) is 10.0. The number of nitrogens with two attached hydrogens (primary N) is 1. The Hall–Kier alpha value is -0.470. The van der Waals surface area contributed by atoms with Crippen LogP contribution in [0.15, 0.2) is 29.2 Å². The summed E-state index contributed by atoms with van der Waals surface area (Å²) in [6, 6.07) is 8.68. The molecule has 0 unspecified atom stereocenters. The molecule has 0 amide bonds. The molecule has 1 aromatic carbocycles. The number of hydrogen-bond donors (Lipinski definition) is 1. The maximum absolute atomic E-state index is 6.39. The minimum atomic E-state index is -0.0360. The average molecular weight is 207 g/mol. The lowest BCUT2D eigenvalue weighted by Gasteiger charge is -2.24. The van der Waals surface area contributed by atoms with Gasteiger partial charge in [0.2, 0.25) is 0 Å². The van der Waals surface area contributed by atoms with Gasteiger partial charge in [-0.15, -0.1) is 11.8 Å². The molecule has 2 N–H and O–H groups in total. The SMILES string of the molecule is CSc1cccc(C2(N)CCCC2)c1. The third-order valence-corrected chi connectivity index (χ3v) is 3.87. The third kappa shape index (κ3) is 1.82. The largest absolute Gasteiger partial charge is 0.321 e. The minimum absolute atomic E-state index is 0.0360. The van der Waals surface area contributed by atoms with E-state index in [1.807, 2.05) is 0 Å². The second-order valence-electron chi connectivity index (χ2n) is 4.10. The first-order chi connectivity index (χ1) is 6.74. The molecule has 1 fully saturated rings. The molecular formula is C12H17NS. The topological polar surface area (TPSA) is 26.0 Å². The standard InChI is InChI=1S/C12H17NS/c1-14-11-6-4-5-10(9-11)12(13)7-2-3-8-12/h4-6,9H,2-3,7-8,13H2,1H3. The smallest absolute Gasteiger partial charge is 0.0410 e. The van der Waals surface area contributed by atoms with Crippen LogP contribution in [0, 0.1) is 0 Å². The quantitative estimate of drug-likeness (QED) is 0.754. The van der Waals surface area contributed by atoms with Crippen LogP contribution in [0.5, 0.6) is 0 Å². The predicted molar refractivity (Wildman–Crippen MR) is 62.6 cm³/mol. The lowest BCUT2D eigenvalue weighted by atomic mass is 9.90. The molecular weight excluding hydrogens is 190 g/mol. The maximum Gasteiger partial charge on any atom is 0.0410 e. The third-order valence-electron chi connectivity index (χ3n) is 3.14. The molecule has 1 aromatic rings. The summed E-state index contributed by atoms with van der Waals surface area (Å²) in [4.78, 5) is 1.32. The monoisotopic (exact) mass is 207 g/mol. The van der Waals surface area contributed by atoms with Crippen molar-refractivity contribution in [1.29, 1.82) is 0 Å². The van der Waals surface area contributed by atoms with Crippen LogP contribution in [0.25, 0.3) is 0 Å². The second kappa shape index (κ2) is 3.95. The lowest BCUT2D eigenvalue weighted by molar-refractivity contribution is 0.461. The molecule has 0 bridgehead atoms. The van der Waals surface area contributed by atoms with Gasteiger partial charge in [0.1, 0.15) is 0 Å². The summed E-state index contributed by atoms with van der Waals surface area (Å²) in [6.07, 6.45) is 6.95. The highest BCUT2D eigenvalue weighted by atomic mass is 32.2. The van der Waals surface area contributed by atoms with Gasteiger partial charge in [-0.25, -0.2) is 0 Å². The summed E-state index contributed by atoms with van der Waals surface area (Å²) in [5.41, 5.74) is 7.68. The van der Waals surface area contributed by atoms with Gasteiger partial charge in [-0.1, -0.05) is 25.0 Å². The first kappa shape index (κ1) is 10.1. The zero-order valence-corrected chi connectivity index (χ0v) is 9.44. The maximum atomic E-state index is 6.39. The molecule has 0 atom stereocenters. The Morgan fingerprint density at radius 1 is 1.29 bits per heavy atom. The molecule has 2 heteroatoms. The predicted octanol–water partition coefficient (Wildman–Crippen LogP) is 3.14. The van der Waals surface area contributed by atoms with Crippen LogP contribution in [0.3, 0.4) is 0 Å². The van der Waals surface area contributed by atoms with Crippen LogP contribution < -0.4 is 5.73 Å². The first-order valence-corrected chi connectivity index (χ1v) is 6.40. The van der Waals surface area contributed by atoms with E-state index in [-0.39, 0.29) is 5.54 Å². The Morgan fingerprint density at radius 3 is 2.64 bits per heavy atom. The Balaban J connectivity index is 2.30. The van der Waals surface area contributed by atoms with Crippen molar-refractivity contribution in [3.8, 4) is 0 Å². The molecule has 0 aliphatic heterocycles. The van der Waals surface area contributed by atoms with Crippen LogP contribution in [0.2, 0.25) is 0 Å². The molecule has 1 aliphatic carbocycles. The van der Waals surface area contributed by atoms with Crippen molar-refractivity contribution < 1.29 is 0 Å². The van der Waals surface area contributed by atoms with E-state index < -0.39 is 0 Å². The summed E-state index contributed by atoms with van der Waals surface area (Å²) < 4.78 is 0. The van der Waals surface area contributed by atoms with Gasteiger partial charge in [0.05, 0.1) is 0 Å². The normalized spacial score (nSPS) is 19.9. The van der Waals surface area contributed by atoms with Crippen molar-refractivity contribution in [2.24, 2.45) is 5.73 Å². The van der Waals surface area contributed by atoms with E-state index in [1.165, 1.54) is 23.3 Å². The summed E-state index contributed by atoms with van der Waals surface area (Å²) >= 11 is 1.78. The van der Waals surface area contributed by atoms with Gasteiger partial charge in [-0.2, -0.15) is 0 Å². The van der Waals surface area contributed by atoms with Gasteiger partial charge in [0.15, 0.2) is 0 Å². The fraction of sp³-hybridized carbons (Fsp3) is 0.500. The van der Waals surface area contributed by atoms with Crippen molar-refractivity contribution in [3.05, 3.63) is 29.8 Å². The van der Waals surface area contributed by atoms with Crippen molar-refractivity contribution in [2.45, 2.75) is 36.1 Å². The Kier molecular flexibility index (Phi) is 2.84. The van der Waals surface area contributed by atoms with Gasteiger partial charge < -0.3 is 5.73 Å². The highest BCUT2D eigenvalue weighted by molar-refractivity contribution is 7.98. The number of rotatable bonds is 2. The van der Waals surface area contributed by atoms with Crippen molar-refractivity contribution in [1.82, 2.24) is 0 Å². The number of benzene rings is 1. The molecule has 0 saturated heterocycles. The van der Waals surface area contributed by atoms with E-state index in [4.69, 9.17) is 5.73 Å². The van der Waals surface area contributed by atoms with E-state index in [1.54, 1.807) is 11.8 Å². The van der Waals surface area contributed by atoms with Gasteiger partial charge in [0.25, 0.3) is 0 Å². The highest BCUT2D eigenvalue weighted by Gasteiger charge is 2.30. The number of thioether (sulfide) groups is 1. The Morgan fingerprint density at radius 2 is 2.00 bits per heavy atom. The summed E-state index contributed by atoms with van der Waals surface area (Å²) in [6.45, 7) is 0. The van der Waals surface area contributed by atoms with Crippen molar-refractivity contribution in [3.63, 3.8) is 0 Å². The van der Waals surface area contributed by atoms with E-state index in [0.29, 0.717) is 0 Å². The molecule has 14 heavy (non-hydrogen) atoms. The van der Waals surface area contributed by atoms with E-state index in [0.717, 1.165) is 12.8 Å². The Labute approximate surface area is 90.1 Å². The number of hydrogen-bond acceptors (Lipinski definition) is 2. The van der Waals surface area contributed by atoms with Crippen LogP contribution >= 0.6 is 11.8 Å². The van der Waals surface area contributed by atoms with Crippen LogP contribution in [-0.4, -0.2) is 6.26 Å². The molecule has 1 aliphatic rings. The average Bonchev–Trinajstić information content (AvgIpc) is 2.67. The summed E-state index contributed by atoms with van der Waals surface area (Å²) in [5.74, 6) is 0. The summed E-state index contributed by atoms with van der Waals surface area (Å²) in [7, 11) is 0. The second-order valence-corrected chi connectivity index (χ2v) is 4.97. The molecule has 1 nitrogen and oxygen atoms in total. The lowest BCUT2D eigenvalue weighted by Crippen LogP contribution is -2.32. The molecule has 0 spiro atoms. The van der Waals surface area contributed by atoms with Crippen molar-refractivity contribution >= 4 is 11.8 Å². The van der Waals surface area contributed by atoms with Gasteiger partial charge >= 0.3 is 0 Å². The molecule has 0 radical (unpaired) electrons. The molecule has 0 aromatic heterocycles. The van der Waals surface area contributed by atoms with E-state index >= 15 is 0 Å². The van der Waals surface area contributed by atoms with Crippen LogP contribution in [0.1, 0.15) is 31.2 Å². The van der Waals surface area contributed by atoms with Crippen molar-refractivity contribution in [2.75, 3.05) is 6.26 Å². The molecule has 1 saturated carbocycles. The van der Waals surface area contributed by atoms with Crippen LogP contribution in [0.4, 0.5) is 0 Å². The van der Waals surface area contributed by atoms with E-state index in [2.05, 4.69) is 30.5 Å². The van der Waals surface area contributed by atoms with E-state index in [9.17, 15) is 0 Å². The highest BCUT2D eigenvalue weighted by Crippen LogP contribution is 2.37. The Bertz CT molecular complexity index is 316. The molecule has 76 valence electrons. The minimum Gasteiger partial charge on any atom is -0.321 e. The fourth-order valence-corrected chi connectivity index (χ4v) is 2.69. The molecule has 2 rings (SSSR count). The van der Waals surface area contributed by atoms with Gasteiger partial charge in [0, 0.05) is 10.4 Å². The first-order valence-electron chi connectivity index (χ1n) is 5.18. The fourth-order valence-electron chi connectivity index (χ4n) is 2.23. The zero-order valence-electron chi connectivity index (χ0n) is 8.62. The molecule has 0 heterocycles. The van der Waals surface area contributed by atoms with Crippen LogP contribution in [-0.2, 0) is 5.54 Å².